The number of ether oxygens (including phenoxy) is 1. The largest absolute Gasteiger partial charge is 0.420 e. The van der Waals surface area contributed by atoms with E-state index in [1.54, 1.807) is 30.5 Å². The molecule has 0 radical (unpaired) electrons. The Hall–Kier alpha value is -3.08. The zero-order chi connectivity index (χ0) is 24.2. The quantitative estimate of drug-likeness (QED) is 0.148. The van der Waals surface area contributed by atoms with Gasteiger partial charge in [-0.3, -0.25) is 9.97 Å². The van der Waals surface area contributed by atoms with E-state index < -0.39 is 11.8 Å². The molecule has 3 rings (SSSR count). The first-order valence-corrected chi connectivity index (χ1v) is 12.5. The van der Waals surface area contributed by atoms with Crippen molar-refractivity contribution in [2.45, 2.75) is 78.1 Å². The van der Waals surface area contributed by atoms with E-state index in [1.807, 2.05) is 12.3 Å². The summed E-state index contributed by atoms with van der Waals surface area (Å²) in [5.74, 6) is -1.15. The van der Waals surface area contributed by atoms with Crippen molar-refractivity contribution >= 4 is 5.97 Å². The van der Waals surface area contributed by atoms with E-state index in [0.717, 1.165) is 61.0 Å². The van der Waals surface area contributed by atoms with Gasteiger partial charge in [0.25, 0.3) is 0 Å². The van der Waals surface area contributed by atoms with Gasteiger partial charge in [-0.1, -0.05) is 70.6 Å². The summed E-state index contributed by atoms with van der Waals surface area (Å²) < 4.78 is 19.7. The van der Waals surface area contributed by atoms with Crippen LogP contribution in [-0.2, 0) is 12.8 Å². The molecule has 0 amide bonds. The second-order valence-corrected chi connectivity index (χ2v) is 8.75. The lowest BCUT2D eigenvalue weighted by atomic mass is 10.1. The van der Waals surface area contributed by atoms with Crippen LogP contribution in [-0.4, -0.2) is 15.9 Å². The topological polar surface area (TPSA) is 52.1 Å². The van der Waals surface area contributed by atoms with Crippen LogP contribution in [0.3, 0.4) is 0 Å². The Labute approximate surface area is 202 Å². The minimum absolute atomic E-state index is 0.0514. The molecule has 1 aromatic heterocycles. The maximum absolute atomic E-state index is 14.4. The Morgan fingerprint density at radius 1 is 0.824 bits per heavy atom. The molecule has 34 heavy (non-hydrogen) atoms. The average molecular weight is 463 g/mol. The van der Waals surface area contributed by atoms with E-state index >= 15 is 0 Å². The van der Waals surface area contributed by atoms with Crippen LogP contribution in [0, 0.1) is 5.82 Å². The van der Waals surface area contributed by atoms with Crippen molar-refractivity contribution in [3.05, 3.63) is 77.5 Å². The highest BCUT2D eigenvalue weighted by atomic mass is 19.1. The van der Waals surface area contributed by atoms with Crippen molar-refractivity contribution in [3.63, 3.8) is 0 Å². The lowest BCUT2D eigenvalue weighted by Gasteiger charge is -2.08. The summed E-state index contributed by atoms with van der Waals surface area (Å²) in [6.45, 7) is 4.35. The maximum atomic E-state index is 14.4. The molecule has 0 N–H and O–H groups in total. The fourth-order valence-corrected chi connectivity index (χ4v) is 3.84. The standard InChI is InChI=1S/C29H35FN2O2/c1-3-5-7-8-10-12-25-20-32-27(21-31-25)23-14-16-24(17-15-23)29(33)34-28-18-13-22(19-26(28)30)11-9-6-4-2/h13-21H,3-12H2,1-2H3. The molecule has 3 aromatic rings. The van der Waals surface area contributed by atoms with E-state index in [-0.39, 0.29) is 5.75 Å². The fourth-order valence-electron chi connectivity index (χ4n) is 3.84. The highest BCUT2D eigenvalue weighted by Gasteiger charge is 2.13. The van der Waals surface area contributed by atoms with Crippen LogP contribution in [0.1, 0.15) is 86.8 Å². The van der Waals surface area contributed by atoms with Crippen molar-refractivity contribution in [3.8, 4) is 17.0 Å². The van der Waals surface area contributed by atoms with Gasteiger partial charge in [0, 0.05) is 11.8 Å². The number of benzene rings is 2. The summed E-state index contributed by atoms with van der Waals surface area (Å²) in [4.78, 5) is 21.6. The first-order chi connectivity index (χ1) is 16.6. The first kappa shape index (κ1) is 25.5. The fraction of sp³-hybridized carbons (Fsp3) is 0.414. The molecule has 5 heteroatoms. The van der Waals surface area contributed by atoms with E-state index in [2.05, 4.69) is 23.8 Å². The van der Waals surface area contributed by atoms with E-state index in [4.69, 9.17) is 4.74 Å². The predicted molar refractivity (Wildman–Crippen MR) is 135 cm³/mol. The average Bonchev–Trinajstić information content (AvgIpc) is 2.86. The van der Waals surface area contributed by atoms with Crippen molar-refractivity contribution in [1.29, 1.82) is 0 Å². The summed E-state index contributed by atoms with van der Waals surface area (Å²) in [5, 5.41) is 0. The van der Waals surface area contributed by atoms with Crippen LogP contribution in [0.2, 0.25) is 0 Å². The van der Waals surface area contributed by atoms with Gasteiger partial charge in [0.2, 0.25) is 0 Å². The van der Waals surface area contributed by atoms with Crippen LogP contribution in [0.4, 0.5) is 4.39 Å². The third kappa shape index (κ3) is 7.75. The number of nitrogens with zero attached hydrogens (tertiary/aromatic N) is 2. The lowest BCUT2D eigenvalue weighted by molar-refractivity contribution is 0.0728. The molecule has 0 atom stereocenters. The van der Waals surface area contributed by atoms with Crippen LogP contribution >= 0.6 is 0 Å². The van der Waals surface area contributed by atoms with E-state index in [9.17, 15) is 9.18 Å². The minimum Gasteiger partial charge on any atom is -0.420 e. The lowest BCUT2D eigenvalue weighted by Crippen LogP contribution is -2.09. The van der Waals surface area contributed by atoms with Gasteiger partial charge >= 0.3 is 5.97 Å². The van der Waals surface area contributed by atoms with Crippen molar-refractivity contribution in [2.24, 2.45) is 0 Å². The van der Waals surface area contributed by atoms with Gasteiger partial charge in [-0.15, -0.1) is 0 Å². The summed E-state index contributed by atoms with van der Waals surface area (Å²) >= 11 is 0. The summed E-state index contributed by atoms with van der Waals surface area (Å²) in [6, 6.07) is 11.7. The maximum Gasteiger partial charge on any atom is 0.343 e. The second-order valence-electron chi connectivity index (χ2n) is 8.75. The van der Waals surface area contributed by atoms with Gasteiger partial charge in [-0.05, 0) is 55.5 Å². The third-order valence-electron chi connectivity index (χ3n) is 5.93. The Balaban J connectivity index is 1.55. The number of aromatic nitrogens is 2. The van der Waals surface area contributed by atoms with Crippen molar-refractivity contribution in [2.75, 3.05) is 0 Å². The molecule has 0 saturated heterocycles. The molecular weight excluding hydrogens is 427 g/mol. The molecule has 0 aliphatic heterocycles. The van der Waals surface area contributed by atoms with Gasteiger partial charge < -0.3 is 4.74 Å². The van der Waals surface area contributed by atoms with E-state index in [0.29, 0.717) is 5.56 Å². The Morgan fingerprint density at radius 2 is 1.53 bits per heavy atom. The number of aryl methyl sites for hydroxylation is 2. The Kier molecular flexibility index (Phi) is 10.2. The number of carbonyl (C=O) groups excluding carboxylic acids is 1. The molecule has 0 aliphatic carbocycles. The monoisotopic (exact) mass is 462 g/mol. The second kappa shape index (κ2) is 13.6. The highest BCUT2D eigenvalue weighted by Crippen LogP contribution is 2.22. The van der Waals surface area contributed by atoms with Gasteiger partial charge in [0.1, 0.15) is 0 Å². The number of hydrogen-bond donors (Lipinski definition) is 0. The normalized spacial score (nSPS) is 10.9. The zero-order valence-corrected chi connectivity index (χ0v) is 20.4. The molecule has 180 valence electrons. The van der Waals surface area contributed by atoms with E-state index in [1.165, 1.54) is 37.8 Å². The van der Waals surface area contributed by atoms with Crippen LogP contribution in [0.5, 0.6) is 5.75 Å². The molecule has 0 unspecified atom stereocenters. The Bertz CT molecular complexity index is 1030. The zero-order valence-electron chi connectivity index (χ0n) is 20.4. The minimum atomic E-state index is -0.589. The molecule has 0 spiro atoms. The van der Waals surface area contributed by atoms with Gasteiger partial charge in [0.05, 0.1) is 23.1 Å². The molecule has 0 aliphatic rings. The molecule has 2 aromatic carbocycles. The number of rotatable bonds is 13. The summed E-state index contributed by atoms with van der Waals surface area (Å²) in [7, 11) is 0. The summed E-state index contributed by atoms with van der Waals surface area (Å²) in [5.41, 5.74) is 3.88. The number of halogens is 1. The van der Waals surface area contributed by atoms with Crippen molar-refractivity contribution < 1.29 is 13.9 Å². The molecule has 0 bridgehead atoms. The molecular formula is C29H35FN2O2. The number of esters is 1. The Morgan fingerprint density at radius 3 is 2.21 bits per heavy atom. The number of unbranched alkanes of at least 4 members (excludes halogenated alkanes) is 6. The van der Waals surface area contributed by atoms with Gasteiger partial charge in [0.15, 0.2) is 11.6 Å². The number of hydrogen-bond acceptors (Lipinski definition) is 4. The van der Waals surface area contributed by atoms with Gasteiger partial charge in [-0.2, -0.15) is 0 Å². The molecule has 0 fully saturated rings. The van der Waals surface area contributed by atoms with Crippen LogP contribution in [0.25, 0.3) is 11.3 Å². The van der Waals surface area contributed by atoms with Gasteiger partial charge in [-0.25, -0.2) is 9.18 Å². The molecule has 4 nitrogen and oxygen atoms in total. The summed E-state index contributed by atoms with van der Waals surface area (Å²) in [6.07, 6.45) is 14.8. The molecule has 0 saturated carbocycles. The predicted octanol–water partition coefficient (Wildman–Crippen LogP) is 7.75. The third-order valence-corrected chi connectivity index (χ3v) is 5.93. The number of carbonyl (C=O) groups is 1. The highest BCUT2D eigenvalue weighted by molar-refractivity contribution is 5.91. The van der Waals surface area contributed by atoms with Crippen LogP contribution < -0.4 is 4.74 Å². The van der Waals surface area contributed by atoms with Crippen LogP contribution in [0.15, 0.2) is 54.9 Å². The van der Waals surface area contributed by atoms with Crippen molar-refractivity contribution in [1.82, 2.24) is 9.97 Å². The SMILES string of the molecule is CCCCCCCc1cnc(-c2ccc(C(=O)Oc3ccc(CCCCC)cc3F)cc2)cn1. The molecule has 1 heterocycles. The first-order valence-electron chi connectivity index (χ1n) is 12.5. The smallest absolute Gasteiger partial charge is 0.343 e.